The van der Waals surface area contributed by atoms with E-state index in [1.54, 1.807) is 19.2 Å². The molecule has 0 saturated heterocycles. The molecule has 0 saturated carbocycles. The number of hydrogen-bond acceptors (Lipinski definition) is 3. The van der Waals surface area contributed by atoms with Gasteiger partial charge in [0.25, 0.3) is 0 Å². The third kappa shape index (κ3) is 2.22. The largest absolute Gasteiger partial charge is 0.398 e. The first-order valence-corrected chi connectivity index (χ1v) is 5.11. The Morgan fingerprint density at radius 3 is 2.46 bits per heavy atom. The predicted molar refractivity (Wildman–Crippen MR) is 62.1 cm³/mol. The van der Waals surface area contributed by atoms with Gasteiger partial charge in [-0.3, -0.25) is 4.79 Å². The summed E-state index contributed by atoms with van der Waals surface area (Å²) in [7, 11) is 1.68. The van der Waals surface area contributed by atoms with Gasteiger partial charge in [-0.2, -0.15) is 0 Å². The minimum Gasteiger partial charge on any atom is -0.398 e. The normalized spacial score (nSPS) is 9.77. The topological polar surface area (TPSA) is 55.1 Å². The van der Waals surface area contributed by atoms with Crippen molar-refractivity contribution in [3.63, 3.8) is 0 Å². The van der Waals surface area contributed by atoms with Crippen molar-refractivity contribution >= 4 is 43.2 Å². The van der Waals surface area contributed by atoms with Gasteiger partial charge < -0.3 is 11.1 Å². The highest BCUT2D eigenvalue weighted by molar-refractivity contribution is 9.11. The number of anilines is 2. The van der Waals surface area contributed by atoms with Gasteiger partial charge in [0.2, 0.25) is 5.43 Å². The average Bonchev–Trinajstić information content (AvgIpc) is 2.18. The van der Waals surface area contributed by atoms with E-state index in [2.05, 4.69) is 37.2 Å². The summed E-state index contributed by atoms with van der Waals surface area (Å²) in [5.74, 6) is 0. The molecule has 0 unspecified atom stereocenters. The summed E-state index contributed by atoms with van der Waals surface area (Å²) < 4.78 is 1.17. The van der Waals surface area contributed by atoms with Gasteiger partial charge in [-0.1, -0.05) is 0 Å². The molecule has 0 amide bonds. The molecule has 1 aromatic rings. The van der Waals surface area contributed by atoms with E-state index in [0.29, 0.717) is 20.3 Å². The minimum absolute atomic E-state index is 0.111. The van der Waals surface area contributed by atoms with Crippen molar-refractivity contribution in [3.8, 4) is 0 Å². The number of halogens is 2. The second-order valence-corrected chi connectivity index (χ2v) is 4.14. The molecule has 0 heterocycles. The van der Waals surface area contributed by atoms with Crippen LogP contribution >= 0.6 is 31.9 Å². The van der Waals surface area contributed by atoms with Gasteiger partial charge in [-0.05, 0) is 44.0 Å². The molecular formula is C8H8Br2N2O. The van der Waals surface area contributed by atoms with Crippen LogP contribution in [0, 0.1) is 0 Å². The zero-order valence-electron chi connectivity index (χ0n) is 6.90. The molecule has 0 bridgehead atoms. The molecule has 13 heavy (non-hydrogen) atoms. The third-order valence-electron chi connectivity index (χ3n) is 1.56. The zero-order chi connectivity index (χ0) is 10.0. The van der Waals surface area contributed by atoms with Gasteiger partial charge in [0, 0.05) is 17.2 Å². The highest BCUT2D eigenvalue weighted by Gasteiger charge is 2.03. The van der Waals surface area contributed by atoms with E-state index < -0.39 is 0 Å². The van der Waals surface area contributed by atoms with Crippen molar-refractivity contribution in [1.82, 2.24) is 0 Å². The van der Waals surface area contributed by atoms with Crippen LogP contribution in [0.4, 0.5) is 11.4 Å². The quantitative estimate of drug-likeness (QED) is 0.836. The smallest absolute Gasteiger partial charge is 0.215 e. The van der Waals surface area contributed by atoms with Gasteiger partial charge in [0.05, 0.1) is 10.2 Å². The van der Waals surface area contributed by atoms with Crippen LogP contribution in [-0.4, -0.2) is 7.05 Å². The molecule has 1 rings (SSSR count). The fraction of sp³-hybridized carbons (Fsp3) is 0.125. The van der Waals surface area contributed by atoms with Crippen LogP contribution in [0.2, 0.25) is 0 Å². The van der Waals surface area contributed by atoms with Crippen LogP contribution < -0.4 is 16.5 Å². The molecule has 0 aliphatic rings. The highest BCUT2D eigenvalue weighted by atomic mass is 79.9. The number of rotatable bonds is 1. The Hall–Kier alpha value is -0.550. The molecule has 0 radical (unpaired) electrons. The lowest BCUT2D eigenvalue weighted by molar-refractivity contribution is 1.47. The average molecular weight is 308 g/mol. The molecule has 3 N–H and O–H groups in total. The summed E-state index contributed by atoms with van der Waals surface area (Å²) in [4.78, 5) is 11.5. The van der Waals surface area contributed by atoms with E-state index in [-0.39, 0.29) is 5.43 Å². The van der Waals surface area contributed by atoms with E-state index >= 15 is 0 Å². The second-order valence-electron chi connectivity index (χ2n) is 2.43. The van der Waals surface area contributed by atoms with Gasteiger partial charge >= 0.3 is 0 Å². The Morgan fingerprint density at radius 2 is 1.92 bits per heavy atom. The lowest BCUT2D eigenvalue weighted by Crippen LogP contribution is -2.05. The van der Waals surface area contributed by atoms with Gasteiger partial charge in [0.15, 0.2) is 0 Å². The molecule has 0 spiro atoms. The van der Waals surface area contributed by atoms with E-state index in [0.717, 1.165) is 0 Å². The van der Waals surface area contributed by atoms with E-state index in [1.807, 2.05) is 0 Å². The Kier molecular flexibility index (Phi) is 3.33. The van der Waals surface area contributed by atoms with Crippen LogP contribution in [-0.2, 0) is 0 Å². The molecule has 0 aliphatic carbocycles. The Balaban J connectivity index is 3.61. The maximum atomic E-state index is 11.5. The van der Waals surface area contributed by atoms with Gasteiger partial charge in [0.1, 0.15) is 0 Å². The lowest BCUT2D eigenvalue weighted by atomic mass is 10.4. The van der Waals surface area contributed by atoms with Crippen molar-refractivity contribution in [2.75, 3.05) is 18.1 Å². The molecular weight excluding hydrogens is 300 g/mol. The van der Waals surface area contributed by atoms with Gasteiger partial charge in [-0.25, -0.2) is 0 Å². The summed E-state index contributed by atoms with van der Waals surface area (Å²) in [6.07, 6.45) is 0. The molecule has 0 atom stereocenters. The lowest BCUT2D eigenvalue weighted by Gasteiger charge is -1.93. The van der Waals surface area contributed by atoms with Crippen molar-refractivity contribution in [3.05, 3.63) is 31.3 Å². The third-order valence-corrected chi connectivity index (χ3v) is 2.84. The van der Waals surface area contributed by atoms with E-state index in [1.165, 1.54) is 0 Å². The van der Waals surface area contributed by atoms with Crippen LogP contribution in [0.25, 0.3) is 0 Å². The summed E-state index contributed by atoms with van der Waals surface area (Å²) in [5, 5.41) is 2.78. The molecule has 3 nitrogen and oxygen atoms in total. The summed E-state index contributed by atoms with van der Waals surface area (Å²) >= 11 is 6.42. The summed E-state index contributed by atoms with van der Waals surface area (Å²) in [6.45, 7) is 0. The summed E-state index contributed by atoms with van der Waals surface area (Å²) in [6, 6.07) is 3.23. The first-order chi connectivity index (χ1) is 6.06. The van der Waals surface area contributed by atoms with Crippen molar-refractivity contribution < 1.29 is 0 Å². The molecule has 0 aliphatic heterocycles. The maximum absolute atomic E-state index is 11.5. The Bertz CT molecular complexity index is 393. The molecule has 70 valence electrons. The fourth-order valence-corrected chi connectivity index (χ4v) is 1.96. The number of hydrogen-bond donors (Lipinski definition) is 2. The number of nitrogen functional groups attached to an aromatic ring is 1. The van der Waals surface area contributed by atoms with Crippen molar-refractivity contribution in [2.24, 2.45) is 0 Å². The second kappa shape index (κ2) is 4.11. The standard InChI is InChI=1S/C8H8Br2N2O/c1-12-7-3-6(11)4(9)2-5(10)8(7)13/h2-3H,11H2,1H3,(H,12,13). The zero-order valence-corrected chi connectivity index (χ0v) is 10.1. The first-order valence-electron chi connectivity index (χ1n) is 3.53. The van der Waals surface area contributed by atoms with Crippen LogP contribution in [0.15, 0.2) is 25.9 Å². The molecule has 0 fully saturated rings. The monoisotopic (exact) mass is 306 g/mol. The van der Waals surface area contributed by atoms with Crippen LogP contribution in [0.1, 0.15) is 0 Å². The summed E-state index contributed by atoms with van der Waals surface area (Å²) in [5.41, 5.74) is 6.54. The number of nitrogens with two attached hydrogens (primary N) is 1. The number of nitrogens with one attached hydrogen (secondary N) is 1. The minimum atomic E-state index is -0.111. The van der Waals surface area contributed by atoms with E-state index in [4.69, 9.17) is 5.73 Å². The molecule has 1 aromatic carbocycles. The van der Waals surface area contributed by atoms with Crippen molar-refractivity contribution in [2.45, 2.75) is 0 Å². The highest BCUT2D eigenvalue weighted by Crippen LogP contribution is 2.22. The Labute approximate surface area is 92.6 Å². The Morgan fingerprint density at radius 1 is 1.31 bits per heavy atom. The first kappa shape index (κ1) is 10.5. The van der Waals surface area contributed by atoms with Crippen LogP contribution in [0.3, 0.4) is 0 Å². The molecule has 5 heteroatoms. The van der Waals surface area contributed by atoms with Crippen molar-refractivity contribution in [1.29, 1.82) is 0 Å². The fourth-order valence-electron chi connectivity index (χ4n) is 0.864. The van der Waals surface area contributed by atoms with E-state index in [9.17, 15) is 4.79 Å². The SMILES string of the molecule is CNc1cc(N)c(Br)cc(Br)c1=O. The predicted octanol–water partition coefficient (Wildman–Crippen LogP) is 2.20. The molecule has 0 aromatic heterocycles. The van der Waals surface area contributed by atoms with Gasteiger partial charge in [-0.15, -0.1) is 0 Å². The van der Waals surface area contributed by atoms with Crippen LogP contribution in [0.5, 0.6) is 0 Å². The maximum Gasteiger partial charge on any atom is 0.215 e.